The molecule has 0 spiro atoms. The maximum atomic E-state index is 4.56. The average molecular weight is 330 g/mol. The fourth-order valence-corrected chi connectivity index (χ4v) is 3.24. The summed E-state index contributed by atoms with van der Waals surface area (Å²) >= 11 is 0. The van der Waals surface area contributed by atoms with Crippen molar-refractivity contribution < 1.29 is 0 Å². The number of hydrogen-bond acceptors (Lipinski definition) is 4. The maximum Gasteiger partial charge on any atom is 0.129 e. The van der Waals surface area contributed by atoms with Gasteiger partial charge in [-0.25, -0.2) is 9.97 Å². The van der Waals surface area contributed by atoms with Crippen LogP contribution in [0.3, 0.4) is 0 Å². The molecule has 1 aliphatic heterocycles. The highest BCUT2D eigenvalue weighted by molar-refractivity contribution is 5.52. The zero-order valence-corrected chi connectivity index (χ0v) is 14.4. The summed E-state index contributed by atoms with van der Waals surface area (Å²) in [5.41, 5.74) is 5.11. The van der Waals surface area contributed by atoms with Gasteiger partial charge in [-0.3, -0.25) is 0 Å². The van der Waals surface area contributed by atoms with Crippen LogP contribution in [-0.4, -0.2) is 16.5 Å². The molecule has 4 heteroatoms. The van der Waals surface area contributed by atoms with E-state index in [1.54, 1.807) is 0 Å². The Morgan fingerprint density at radius 1 is 1.04 bits per heavy atom. The molecule has 3 heterocycles. The first kappa shape index (κ1) is 15.6. The Labute approximate surface area is 148 Å². The minimum Gasteiger partial charge on any atom is -0.369 e. The number of fused-ring (bicyclic) bond motifs is 1. The molecule has 126 valence electrons. The lowest BCUT2D eigenvalue weighted by Gasteiger charge is -2.11. The molecule has 4 nitrogen and oxygen atoms in total. The first-order valence-electron chi connectivity index (χ1n) is 8.71. The first-order chi connectivity index (χ1) is 12.3. The van der Waals surface area contributed by atoms with Gasteiger partial charge in [-0.05, 0) is 42.2 Å². The lowest BCUT2D eigenvalue weighted by Crippen LogP contribution is -2.06. The summed E-state index contributed by atoms with van der Waals surface area (Å²) in [6.45, 7) is 3.84. The van der Waals surface area contributed by atoms with E-state index < -0.39 is 0 Å². The molecule has 25 heavy (non-hydrogen) atoms. The standard InChI is InChI=1S/C21H22N4/c1-15-4-6-16(7-5-15)12-23-20-9-8-17(13-24-20)11-18-14-25-21-19(18)3-2-10-22-21/h2-10,13,18H,11-12,14H2,1H3,(H,22,25)(H,23,24). The summed E-state index contributed by atoms with van der Waals surface area (Å²) in [5, 5.41) is 6.76. The minimum absolute atomic E-state index is 0.469. The Morgan fingerprint density at radius 3 is 2.68 bits per heavy atom. The van der Waals surface area contributed by atoms with Gasteiger partial charge in [0, 0.05) is 31.4 Å². The predicted molar refractivity (Wildman–Crippen MR) is 102 cm³/mol. The molecule has 0 saturated heterocycles. The SMILES string of the molecule is Cc1ccc(CNc2ccc(CC3CNc4ncccc43)cn2)cc1. The molecule has 0 bridgehead atoms. The molecular weight excluding hydrogens is 308 g/mol. The molecule has 2 aromatic heterocycles. The molecule has 0 aliphatic carbocycles. The van der Waals surface area contributed by atoms with Gasteiger partial charge in [-0.1, -0.05) is 42.0 Å². The van der Waals surface area contributed by atoms with Gasteiger partial charge in [0.05, 0.1) is 0 Å². The van der Waals surface area contributed by atoms with Crippen molar-refractivity contribution in [2.24, 2.45) is 0 Å². The Morgan fingerprint density at radius 2 is 1.88 bits per heavy atom. The van der Waals surface area contributed by atoms with Crippen LogP contribution >= 0.6 is 0 Å². The minimum atomic E-state index is 0.469. The zero-order chi connectivity index (χ0) is 17.1. The molecule has 0 fully saturated rings. The molecule has 4 rings (SSSR count). The van der Waals surface area contributed by atoms with Crippen LogP contribution in [-0.2, 0) is 13.0 Å². The van der Waals surface area contributed by atoms with Crippen molar-refractivity contribution in [1.29, 1.82) is 0 Å². The van der Waals surface area contributed by atoms with E-state index >= 15 is 0 Å². The van der Waals surface area contributed by atoms with Gasteiger partial charge in [-0.15, -0.1) is 0 Å². The second kappa shape index (κ2) is 6.93. The summed E-state index contributed by atoms with van der Waals surface area (Å²) in [5.74, 6) is 2.41. The fourth-order valence-electron chi connectivity index (χ4n) is 3.24. The Bertz CT molecular complexity index is 841. The van der Waals surface area contributed by atoms with E-state index in [-0.39, 0.29) is 0 Å². The third-order valence-corrected chi connectivity index (χ3v) is 4.70. The van der Waals surface area contributed by atoms with E-state index in [0.717, 1.165) is 31.1 Å². The molecule has 1 aromatic carbocycles. The topological polar surface area (TPSA) is 49.8 Å². The van der Waals surface area contributed by atoms with Crippen molar-refractivity contribution in [3.05, 3.63) is 83.2 Å². The smallest absolute Gasteiger partial charge is 0.129 e. The molecule has 1 aliphatic rings. The number of aryl methyl sites for hydroxylation is 1. The van der Waals surface area contributed by atoms with E-state index in [2.05, 4.69) is 70.0 Å². The normalized spacial score (nSPS) is 15.5. The van der Waals surface area contributed by atoms with E-state index in [4.69, 9.17) is 0 Å². The first-order valence-corrected chi connectivity index (χ1v) is 8.71. The van der Waals surface area contributed by atoms with Gasteiger partial charge < -0.3 is 10.6 Å². The Hall–Kier alpha value is -2.88. The highest BCUT2D eigenvalue weighted by Gasteiger charge is 2.22. The van der Waals surface area contributed by atoms with Gasteiger partial charge >= 0.3 is 0 Å². The van der Waals surface area contributed by atoms with Crippen LogP contribution < -0.4 is 10.6 Å². The van der Waals surface area contributed by atoms with Crippen molar-refractivity contribution in [1.82, 2.24) is 9.97 Å². The van der Waals surface area contributed by atoms with Crippen molar-refractivity contribution >= 4 is 11.6 Å². The summed E-state index contributed by atoms with van der Waals surface area (Å²) in [7, 11) is 0. The van der Waals surface area contributed by atoms with Crippen LogP contribution in [0.5, 0.6) is 0 Å². The lowest BCUT2D eigenvalue weighted by atomic mass is 9.96. The zero-order valence-electron chi connectivity index (χ0n) is 14.4. The van der Waals surface area contributed by atoms with Crippen molar-refractivity contribution in [2.75, 3.05) is 17.2 Å². The third-order valence-electron chi connectivity index (χ3n) is 4.70. The monoisotopic (exact) mass is 330 g/mol. The van der Waals surface area contributed by atoms with Gasteiger partial charge in [0.2, 0.25) is 0 Å². The Kier molecular flexibility index (Phi) is 4.34. The van der Waals surface area contributed by atoms with Crippen LogP contribution in [0.1, 0.15) is 28.2 Å². The largest absolute Gasteiger partial charge is 0.369 e. The van der Waals surface area contributed by atoms with Crippen molar-refractivity contribution in [2.45, 2.75) is 25.8 Å². The van der Waals surface area contributed by atoms with Crippen LogP contribution in [0.2, 0.25) is 0 Å². The second-order valence-electron chi connectivity index (χ2n) is 6.61. The molecule has 0 radical (unpaired) electrons. The van der Waals surface area contributed by atoms with Gasteiger partial charge in [0.25, 0.3) is 0 Å². The number of aromatic nitrogens is 2. The van der Waals surface area contributed by atoms with E-state index in [0.29, 0.717) is 5.92 Å². The molecule has 1 atom stereocenters. The third kappa shape index (κ3) is 3.63. The molecule has 3 aromatic rings. The number of hydrogen-bond donors (Lipinski definition) is 2. The van der Waals surface area contributed by atoms with Gasteiger partial charge in [-0.2, -0.15) is 0 Å². The quantitative estimate of drug-likeness (QED) is 0.738. The van der Waals surface area contributed by atoms with E-state index in [9.17, 15) is 0 Å². The molecule has 0 amide bonds. The second-order valence-corrected chi connectivity index (χ2v) is 6.61. The molecule has 1 unspecified atom stereocenters. The van der Waals surface area contributed by atoms with Crippen molar-refractivity contribution in [3.8, 4) is 0 Å². The number of pyridine rings is 2. The highest BCUT2D eigenvalue weighted by atomic mass is 15.0. The van der Waals surface area contributed by atoms with Crippen LogP contribution in [0.25, 0.3) is 0 Å². The van der Waals surface area contributed by atoms with E-state index in [1.165, 1.54) is 22.3 Å². The number of nitrogens with zero attached hydrogens (tertiary/aromatic N) is 2. The number of anilines is 2. The maximum absolute atomic E-state index is 4.56. The highest BCUT2D eigenvalue weighted by Crippen LogP contribution is 2.31. The predicted octanol–water partition coefficient (Wildman–Crippen LogP) is 4.15. The summed E-state index contributed by atoms with van der Waals surface area (Å²) in [4.78, 5) is 8.95. The number of benzene rings is 1. The molecular formula is C21H22N4. The van der Waals surface area contributed by atoms with Crippen molar-refractivity contribution in [3.63, 3.8) is 0 Å². The summed E-state index contributed by atoms with van der Waals surface area (Å²) < 4.78 is 0. The number of nitrogens with one attached hydrogen (secondary N) is 2. The Balaban J connectivity index is 1.37. The fraction of sp³-hybridized carbons (Fsp3) is 0.238. The summed E-state index contributed by atoms with van der Waals surface area (Å²) in [6, 6.07) is 17.0. The summed E-state index contributed by atoms with van der Waals surface area (Å²) in [6.07, 6.45) is 4.80. The lowest BCUT2D eigenvalue weighted by molar-refractivity contribution is 0.749. The van der Waals surface area contributed by atoms with Crippen LogP contribution in [0.15, 0.2) is 60.9 Å². The van der Waals surface area contributed by atoms with Gasteiger partial charge in [0.15, 0.2) is 0 Å². The average Bonchev–Trinajstić information content (AvgIpc) is 3.06. The number of rotatable bonds is 5. The van der Waals surface area contributed by atoms with E-state index in [1.807, 2.05) is 18.5 Å². The van der Waals surface area contributed by atoms with Crippen LogP contribution in [0.4, 0.5) is 11.6 Å². The van der Waals surface area contributed by atoms with Crippen LogP contribution in [0, 0.1) is 6.92 Å². The molecule has 0 saturated carbocycles. The molecule has 2 N–H and O–H groups in total. The van der Waals surface area contributed by atoms with Gasteiger partial charge in [0.1, 0.15) is 11.6 Å².